The van der Waals surface area contributed by atoms with Crippen LogP contribution in [0.4, 0.5) is 0 Å². The molecule has 3 N–H and O–H groups in total. The number of amides is 1. The predicted octanol–water partition coefficient (Wildman–Crippen LogP) is 5.65. The van der Waals surface area contributed by atoms with Crippen LogP contribution in [-0.4, -0.2) is 85.6 Å². The van der Waals surface area contributed by atoms with Gasteiger partial charge in [0.25, 0.3) is 5.91 Å². The first kappa shape index (κ1) is 37.0. The van der Waals surface area contributed by atoms with Crippen LogP contribution in [0.15, 0.2) is 72.8 Å². The molecule has 1 fully saturated rings. The number of rotatable bonds is 13. The molecule has 0 saturated carbocycles. The number of aliphatic carboxylic acids is 1. The maximum atomic E-state index is 13.4. The molecule has 2 atom stereocenters. The van der Waals surface area contributed by atoms with E-state index in [1.165, 1.54) is 5.56 Å². The predicted molar refractivity (Wildman–Crippen MR) is 179 cm³/mol. The highest BCUT2D eigenvalue weighted by molar-refractivity contribution is 7.98. The van der Waals surface area contributed by atoms with Gasteiger partial charge < -0.3 is 25.0 Å². The molecule has 2 unspecified atom stereocenters. The molecule has 8 nitrogen and oxygen atoms in total. The summed E-state index contributed by atoms with van der Waals surface area (Å²) >= 11 is 1.56. The highest BCUT2D eigenvalue weighted by Gasteiger charge is 2.26. The lowest BCUT2D eigenvalue weighted by molar-refractivity contribution is -0.139. The Morgan fingerprint density at radius 1 is 1.00 bits per heavy atom. The number of aliphatic hydroxyl groups excluding tert-OH is 1. The fourth-order valence-electron chi connectivity index (χ4n) is 5.13. The highest BCUT2D eigenvalue weighted by Crippen LogP contribution is 2.30. The van der Waals surface area contributed by atoms with E-state index >= 15 is 0 Å². The Morgan fingerprint density at radius 3 is 2.34 bits per heavy atom. The number of carboxylic acids is 1. The third-order valence-corrected chi connectivity index (χ3v) is 7.93. The van der Waals surface area contributed by atoms with Crippen molar-refractivity contribution in [3.63, 3.8) is 0 Å². The first-order chi connectivity index (χ1) is 21.4. The minimum absolute atomic E-state index is 0.353. The van der Waals surface area contributed by atoms with Gasteiger partial charge in [-0.25, -0.2) is 4.79 Å². The van der Waals surface area contributed by atoms with Gasteiger partial charge in [0.2, 0.25) is 0 Å². The first-order valence-corrected chi connectivity index (χ1v) is 16.2. The van der Waals surface area contributed by atoms with Gasteiger partial charge >= 0.3 is 5.97 Å². The van der Waals surface area contributed by atoms with E-state index in [1.807, 2.05) is 67.8 Å². The molecule has 1 heterocycles. The molecule has 9 heteroatoms. The summed E-state index contributed by atoms with van der Waals surface area (Å²) in [6, 6.07) is 23.6. The molecule has 240 valence electrons. The van der Waals surface area contributed by atoms with E-state index in [0.717, 1.165) is 55.3 Å². The van der Waals surface area contributed by atoms with E-state index in [2.05, 4.69) is 33.2 Å². The maximum absolute atomic E-state index is 13.4. The number of hydrogen-bond donors (Lipinski definition) is 3. The molecule has 1 saturated heterocycles. The number of methoxy groups -OCH3 is 1. The summed E-state index contributed by atoms with van der Waals surface area (Å²) < 4.78 is 10.3. The van der Waals surface area contributed by atoms with E-state index < -0.39 is 12.0 Å². The molecule has 3 aromatic carbocycles. The molecule has 1 amide bonds. The number of aryl methyl sites for hydroxylation is 1. The molecule has 1 aliphatic rings. The molecular weight excluding hydrogens is 576 g/mol. The zero-order valence-corrected chi connectivity index (χ0v) is 27.4. The number of benzene rings is 3. The number of aliphatic hydroxyl groups is 1. The summed E-state index contributed by atoms with van der Waals surface area (Å²) in [7, 11) is 4.25. The Balaban J connectivity index is 0.00000127. The average Bonchev–Trinajstić information content (AvgIpc) is 3.47. The fraction of sp³-hybridized carbons (Fsp3) is 0.429. The van der Waals surface area contributed by atoms with Crippen molar-refractivity contribution in [3.8, 4) is 11.1 Å². The monoisotopic (exact) mass is 624 g/mol. The zero-order chi connectivity index (χ0) is 32.3. The fourth-order valence-corrected chi connectivity index (χ4v) is 5.60. The minimum atomic E-state index is -1.01. The number of likely N-dealkylation sites (tertiary alicyclic amines) is 1. The summed E-state index contributed by atoms with van der Waals surface area (Å²) in [5.74, 6) is -0.713. The second kappa shape index (κ2) is 20.7. The lowest BCUT2D eigenvalue weighted by Crippen LogP contribution is -2.41. The van der Waals surface area contributed by atoms with Crippen LogP contribution in [0.1, 0.15) is 46.3 Å². The van der Waals surface area contributed by atoms with Crippen LogP contribution in [0.5, 0.6) is 0 Å². The van der Waals surface area contributed by atoms with E-state index in [1.54, 1.807) is 26.0 Å². The molecule has 4 rings (SSSR count). The molecule has 3 aromatic rings. The van der Waals surface area contributed by atoms with Crippen LogP contribution in [0.3, 0.4) is 0 Å². The summed E-state index contributed by atoms with van der Waals surface area (Å²) in [5, 5.41) is 19.4. The Bertz CT molecular complexity index is 1270. The number of carbonyl (C=O) groups is 2. The Labute approximate surface area is 266 Å². The molecule has 0 aliphatic carbocycles. The van der Waals surface area contributed by atoms with E-state index in [4.69, 9.17) is 9.84 Å². The largest absolute Gasteiger partial charge is 0.480 e. The Morgan fingerprint density at radius 2 is 1.68 bits per heavy atom. The number of thioether (sulfide) groups is 1. The molecule has 0 aromatic heterocycles. The van der Waals surface area contributed by atoms with Crippen LogP contribution in [0.25, 0.3) is 11.1 Å². The molecule has 0 spiro atoms. The Kier molecular flexibility index (Phi) is 17.4. The average molecular weight is 625 g/mol. The third kappa shape index (κ3) is 11.7. The van der Waals surface area contributed by atoms with Crippen molar-refractivity contribution < 1.29 is 29.3 Å². The SMILES string of the molecule is CO.COC.CSCCC(NC(=O)c1ccc(CN2CCCC2COCc2ccccc2)cc1-c1ccccc1C)C(=O)O. The van der Waals surface area contributed by atoms with Crippen molar-refractivity contribution >= 4 is 23.6 Å². The van der Waals surface area contributed by atoms with Gasteiger partial charge in [0, 0.05) is 39.5 Å². The minimum Gasteiger partial charge on any atom is -0.480 e. The number of hydrogen-bond acceptors (Lipinski definition) is 7. The van der Waals surface area contributed by atoms with Crippen LogP contribution in [-0.2, 0) is 27.4 Å². The second-order valence-corrected chi connectivity index (χ2v) is 11.5. The first-order valence-electron chi connectivity index (χ1n) is 14.8. The number of carboxylic acid groups (broad SMARTS) is 1. The number of nitrogens with zero attached hydrogens (tertiary/aromatic N) is 1. The van der Waals surface area contributed by atoms with Crippen molar-refractivity contribution in [1.82, 2.24) is 10.2 Å². The van der Waals surface area contributed by atoms with Gasteiger partial charge in [-0.3, -0.25) is 9.69 Å². The summed E-state index contributed by atoms with van der Waals surface area (Å²) in [5.41, 5.74) is 5.66. The van der Waals surface area contributed by atoms with Gasteiger partial charge in [0.15, 0.2) is 0 Å². The normalized spacial score (nSPS) is 14.9. The van der Waals surface area contributed by atoms with Gasteiger partial charge in [-0.1, -0.05) is 60.7 Å². The molecule has 0 radical (unpaired) electrons. The molecule has 44 heavy (non-hydrogen) atoms. The summed E-state index contributed by atoms with van der Waals surface area (Å²) in [6.07, 6.45) is 4.54. The smallest absolute Gasteiger partial charge is 0.326 e. The van der Waals surface area contributed by atoms with Crippen molar-refractivity contribution in [3.05, 3.63) is 95.1 Å². The van der Waals surface area contributed by atoms with Crippen LogP contribution < -0.4 is 5.32 Å². The van der Waals surface area contributed by atoms with Gasteiger partial charge in [0.1, 0.15) is 6.04 Å². The maximum Gasteiger partial charge on any atom is 0.326 e. The van der Waals surface area contributed by atoms with Crippen LogP contribution >= 0.6 is 11.8 Å². The summed E-state index contributed by atoms with van der Waals surface area (Å²) in [6.45, 7) is 5.11. The molecule has 0 bridgehead atoms. The number of carbonyl (C=O) groups excluding carboxylic acids is 1. The van der Waals surface area contributed by atoms with E-state index in [0.29, 0.717) is 37.0 Å². The quantitative estimate of drug-likeness (QED) is 0.224. The molecular formula is C35H48N2O6S. The zero-order valence-electron chi connectivity index (χ0n) is 26.6. The van der Waals surface area contributed by atoms with Gasteiger partial charge in [-0.05, 0) is 84.7 Å². The van der Waals surface area contributed by atoms with Crippen molar-refractivity contribution in [1.29, 1.82) is 0 Å². The topological polar surface area (TPSA) is 108 Å². The number of ether oxygens (including phenoxy) is 2. The second-order valence-electron chi connectivity index (χ2n) is 10.5. The van der Waals surface area contributed by atoms with Crippen LogP contribution in [0, 0.1) is 6.92 Å². The lowest BCUT2D eigenvalue weighted by Gasteiger charge is -2.25. The van der Waals surface area contributed by atoms with Gasteiger partial charge in [0.05, 0.1) is 13.2 Å². The van der Waals surface area contributed by atoms with Crippen LogP contribution in [0.2, 0.25) is 0 Å². The molecule has 1 aliphatic heterocycles. The highest BCUT2D eigenvalue weighted by atomic mass is 32.2. The lowest BCUT2D eigenvalue weighted by atomic mass is 9.93. The number of nitrogens with one attached hydrogen (secondary N) is 1. The van der Waals surface area contributed by atoms with Gasteiger partial charge in [-0.2, -0.15) is 11.8 Å². The standard InChI is InChI=1S/C32H38N2O4S.C2H6O.CH4O/c1-23-9-6-7-13-27(23)29-19-25(14-15-28(29)31(35)33-30(32(36)37)16-18-39-2)20-34-17-8-12-26(34)22-38-21-24-10-4-3-5-11-24;1-3-2;1-2/h3-7,9-11,13-15,19,26,30H,8,12,16-18,20-22H2,1-2H3,(H,33,35)(H,36,37);1-2H3;2H,1H3. The summed E-state index contributed by atoms with van der Waals surface area (Å²) in [4.78, 5) is 27.6. The van der Waals surface area contributed by atoms with Crippen molar-refractivity contribution in [2.24, 2.45) is 0 Å². The van der Waals surface area contributed by atoms with Crippen molar-refractivity contribution in [2.75, 3.05) is 46.5 Å². The Hall–Kier alpha value is -3.21. The van der Waals surface area contributed by atoms with Gasteiger partial charge in [-0.15, -0.1) is 0 Å². The van der Waals surface area contributed by atoms with E-state index in [-0.39, 0.29) is 5.91 Å². The van der Waals surface area contributed by atoms with Crippen molar-refractivity contribution in [2.45, 2.75) is 51.4 Å². The van der Waals surface area contributed by atoms with E-state index in [9.17, 15) is 14.7 Å². The third-order valence-electron chi connectivity index (χ3n) is 7.28.